The Morgan fingerprint density at radius 2 is 2.18 bits per heavy atom. The fourth-order valence-corrected chi connectivity index (χ4v) is 1.20. The van der Waals surface area contributed by atoms with Crippen LogP contribution in [0.25, 0.3) is 0 Å². The Labute approximate surface area is 98.1 Å². The van der Waals surface area contributed by atoms with Crippen LogP contribution in [0, 0.1) is 11.6 Å². The van der Waals surface area contributed by atoms with Gasteiger partial charge in [0.15, 0.2) is 0 Å². The molecule has 0 radical (unpaired) electrons. The van der Waals surface area contributed by atoms with E-state index in [-0.39, 0.29) is 12.3 Å². The highest BCUT2D eigenvalue weighted by molar-refractivity contribution is 5.83. The summed E-state index contributed by atoms with van der Waals surface area (Å²) < 4.78 is 30.8. The van der Waals surface area contributed by atoms with Crippen molar-refractivity contribution in [1.29, 1.82) is 0 Å². The minimum absolute atomic E-state index is 0.0250. The first kappa shape index (κ1) is 13.2. The quantitative estimate of drug-likeness (QED) is 0.650. The van der Waals surface area contributed by atoms with Crippen LogP contribution < -0.4 is 5.32 Å². The average molecular weight is 241 g/mol. The molecular weight excluding hydrogens is 228 g/mol. The first-order chi connectivity index (χ1) is 8.02. The Morgan fingerprint density at radius 3 is 2.82 bits per heavy atom. The molecule has 3 nitrogen and oxygen atoms in total. The molecule has 0 amide bonds. The predicted molar refractivity (Wildman–Crippen MR) is 60.4 cm³/mol. The number of allylic oxidation sites excluding steroid dienone is 1. The molecule has 1 aromatic carbocycles. The highest BCUT2D eigenvalue weighted by atomic mass is 19.1. The Kier molecular flexibility index (Phi) is 4.63. The van der Waals surface area contributed by atoms with Gasteiger partial charge in [-0.2, -0.15) is 0 Å². The number of anilines is 1. The van der Waals surface area contributed by atoms with Crippen molar-refractivity contribution in [3.8, 4) is 0 Å². The average Bonchev–Trinajstić information content (AvgIpc) is 2.23. The first-order valence-electron chi connectivity index (χ1n) is 5.10. The van der Waals surface area contributed by atoms with Gasteiger partial charge in [0.1, 0.15) is 11.6 Å². The third-order valence-electron chi connectivity index (χ3n) is 1.88. The van der Waals surface area contributed by atoms with Gasteiger partial charge in [0.2, 0.25) is 0 Å². The maximum Gasteiger partial charge on any atom is 0.332 e. The van der Waals surface area contributed by atoms with Crippen LogP contribution in [0.1, 0.15) is 13.8 Å². The van der Waals surface area contributed by atoms with Crippen molar-refractivity contribution >= 4 is 11.7 Å². The van der Waals surface area contributed by atoms with Gasteiger partial charge in [0.05, 0.1) is 12.3 Å². The summed E-state index contributed by atoms with van der Waals surface area (Å²) in [7, 11) is 0. The predicted octanol–water partition coefficient (Wildman–Crippen LogP) is 2.84. The number of hydrogen-bond donors (Lipinski definition) is 1. The fourth-order valence-electron chi connectivity index (χ4n) is 1.20. The molecule has 0 saturated heterocycles. The first-order valence-corrected chi connectivity index (χ1v) is 5.10. The van der Waals surface area contributed by atoms with Gasteiger partial charge in [-0.1, -0.05) is 0 Å². The largest absolute Gasteiger partial charge is 0.463 e. The Balaban J connectivity index is 2.77. The van der Waals surface area contributed by atoms with Crippen LogP contribution in [0.4, 0.5) is 14.5 Å². The van der Waals surface area contributed by atoms with Gasteiger partial charge < -0.3 is 10.1 Å². The number of halogens is 2. The van der Waals surface area contributed by atoms with Gasteiger partial charge in [-0.3, -0.25) is 0 Å². The van der Waals surface area contributed by atoms with E-state index in [1.807, 2.05) is 0 Å². The third-order valence-corrected chi connectivity index (χ3v) is 1.88. The second-order valence-electron chi connectivity index (χ2n) is 3.33. The number of carbonyl (C=O) groups is 1. The van der Waals surface area contributed by atoms with E-state index in [2.05, 4.69) is 10.1 Å². The molecule has 0 heterocycles. The summed E-state index contributed by atoms with van der Waals surface area (Å²) in [6, 6.07) is 3.04. The van der Waals surface area contributed by atoms with Gasteiger partial charge >= 0.3 is 5.97 Å². The van der Waals surface area contributed by atoms with E-state index in [4.69, 9.17) is 0 Å². The monoisotopic (exact) mass is 241 g/mol. The summed E-state index contributed by atoms with van der Waals surface area (Å²) in [4.78, 5) is 11.1. The number of carbonyl (C=O) groups excluding carboxylic acids is 1. The molecule has 0 aliphatic heterocycles. The van der Waals surface area contributed by atoms with E-state index in [9.17, 15) is 13.6 Å². The zero-order chi connectivity index (χ0) is 12.8. The molecule has 0 unspecified atom stereocenters. The van der Waals surface area contributed by atoms with E-state index >= 15 is 0 Å². The van der Waals surface area contributed by atoms with Crippen molar-refractivity contribution in [2.45, 2.75) is 13.8 Å². The minimum atomic E-state index is -0.594. The molecule has 1 rings (SSSR count). The van der Waals surface area contributed by atoms with Gasteiger partial charge in [-0.05, 0) is 26.0 Å². The summed E-state index contributed by atoms with van der Waals surface area (Å²) in [5.74, 6) is -1.69. The molecule has 0 aliphatic rings. The van der Waals surface area contributed by atoms with Crippen LogP contribution in [-0.2, 0) is 9.53 Å². The maximum atomic E-state index is 13.2. The van der Waals surface area contributed by atoms with Crippen LogP contribution >= 0.6 is 0 Å². The van der Waals surface area contributed by atoms with Crippen LogP contribution in [-0.4, -0.2) is 12.6 Å². The number of nitrogens with one attached hydrogen (secondary N) is 1. The molecule has 92 valence electrons. The van der Waals surface area contributed by atoms with Crippen molar-refractivity contribution in [3.63, 3.8) is 0 Å². The molecular formula is C12H13F2NO2. The van der Waals surface area contributed by atoms with Gasteiger partial charge in [0.25, 0.3) is 0 Å². The van der Waals surface area contributed by atoms with E-state index in [0.717, 1.165) is 18.2 Å². The van der Waals surface area contributed by atoms with Crippen molar-refractivity contribution < 1.29 is 18.3 Å². The van der Waals surface area contributed by atoms with Crippen molar-refractivity contribution in [1.82, 2.24) is 0 Å². The summed E-state index contributed by atoms with van der Waals surface area (Å²) in [5.41, 5.74) is 0.344. The summed E-state index contributed by atoms with van der Waals surface area (Å²) in [5, 5.41) is 2.59. The highest BCUT2D eigenvalue weighted by Crippen LogP contribution is 2.17. The number of hydrogen-bond acceptors (Lipinski definition) is 3. The number of rotatable bonds is 4. The lowest BCUT2D eigenvalue weighted by Crippen LogP contribution is -2.05. The number of esters is 1. The number of benzene rings is 1. The van der Waals surface area contributed by atoms with Gasteiger partial charge in [-0.25, -0.2) is 13.6 Å². The highest BCUT2D eigenvalue weighted by Gasteiger charge is 2.05. The SMILES string of the molecule is CCOC(=O)C=C(C)Nc1cc(F)ccc1F. The summed E-state index contributed by atoms with van der Waals surface area (Å²) in [6.07, 6.45) is 1.17. The Morgan fingerprint density at radius 1 is 1.47 bits per heavy atom. The molecule has 0 aromatic heterocycles. The van der Waals surface area contributed by atoms with E-state index in [0.29, 0.717) is 5.70 Å². The number of ether oxygens (including phenoxy) is 1. The van der Waals surface area contributed by atoms with E-state index < -0.39 is 17.6 Å². The van der Waals surface area contributed by atoms with E-state index in [1.54, 1.807) is 13.8 Å². The second-order valence-corrected chi connectivity index (χ2v) is 3.33. The molecule has 17 heavy (non-hydrogen) atoms. The molecule has 5 heteroatoms. The molecule has 0 fully saturated rings. The zero-order valence-corrected chi connectivity index (χ0v) is 9.59. The standard InChI is InChI=1S/C12H13F2NO2/c1-3-17-12(16)6-8(2)15-11-7-9(13)4-5-10(11)14/h4-7,15H,3H2,1-2H3. The topological polar surface area (TPSA) is 38.3 Å². The van der Waals surface area contributed by atoms with E-state index in [1.165, 1.54) is 6.08 Å². The van der Waals surface area contributed by atoms with Gasteiger partial charge in [0, 0.05) is 17.8 Å². The van der Waals surface area contributed by atoms with Crippen LogP contribution in [0.5, 0.6) is 0 Å². The normalized spacial score (nSPS) is 11.2. The minimum Gasteiger partial charge on any atom is -0.463 e. The molecule has 0 bridgehead atoms. The molecule has 0 atom stereocenters. The zero-order valence-electron chi connectivity index (χ0n) is 9.59. The van der Waals surface area contributed by atoms with Crippen LogP contribution in [0.2, 0.25) is 0 Å². The lowest BCUT2D eigenvalue weighted by Gasteiger charge is -2.07. The fraction of sp³-hybridized carbons (Fsp3) is 0.250. The van der Waals surface area contributed by atoms with Gasteiger partial charge in [-0.15, -0.1) is 0 Å². The lowest BCUT2D eigenvalue weighted by molar-refractivity contribution is -0.137. The Hall–Kier alpha value is -1.91. The smallest absolute Gasteiger partial charge is 0.332 e. The van der Waals surface area contributed by atoms with Crippen molar-refractivity contribution in [2.75, 3.05) is 11.9 Å². The van der Waals surface area contributed by atoms with Crippen molar-refractivity contribution in [2.24, 2.45) is 0 Å². The third kappa shape index (κ3) is 4.22. The van der Waals surface area contributed by atoms with Crippen LogP contribution in [0.15, 0.2) is 30.0 Å². The Bertz CT molecular complexity index is 444. The van der Waals surface area contributed by atoms with Crippen LogP contribution in [0.3, 0.4) is 0 Å². The molecule has 1 aromatic rings. The second kappa shape index (κ2) is 5.98. The molecule has 1 N–H and O–H groups in total. The molecule has 0 saturated carbocycles. The van der Waals surface area contributed by atoms with Crippen molar-refractivity contribution in [3.05, 3.63) is 41.6 Å². The summed E-state index contributed by atoms with van der Waals surface area (Å²) >= 11 is 0. The molecule has 0 aliphatic carbocycles. The molecule has 0 spiro atoms. The lowest BCUT2D eigenvalue weighted by atomic mass is 10.3. The maximum absolute atomic E-state index is 13.2. The summed E-state index contributed by atoms with van der Waals surface area (Å²) in [6.45, 7) is 3.50.